The van der Waals surface area contributed by atoms with Gasteiger partial charge >= 0.3 is 0 Å². The van der Waals surface area contributed by atoms with Crippen LogP contribution in [-0.4, -0.2) is 52.7 Å². The summed E-state index contributed by atoms with van der Waals surface area (Å²) < 4.78 is 7.12. The van der Waals surface area contributed by atoms with E-state index in [0.29, 0.717) is 16.0 Å². The third kappa shape index (κ3) is 4.28. The topological polar surface area (TPSA) is 43.2 Å². The average Bonchev–Trinajstić information content (AvgIpc) is 3.09. The summed E-state index contributed by atoms with van der Waals surface area (Å²) in [6.07, 6.45) is 3.77. The van der Waals surface area contributed by atoms with Gasteiger partial charge in [0.15, 0.2) is 0 Å². The van der Waals surface area contributed by atoms with Crippen molar-refractivity contribution in [3.63, 3.8) is 0 Å². The number of benzene rings is 1. The monoisotopic (exact) mass is 367 g/mol. The van der Waals surface area contributed by atoms with Gasteiger partial charge in [-0.25, -0.2) is 4.68 Å². The number of hydrogen-bond donors (Lipinski definition) is 0. The van der Waals surface area contributed by atoms with Gasteiger partial charge in [-0.15, -0.1) is 5.10 Å². The van der Waals surface area contributed by atoms with Crippen LogP contribution in [-0.2, 0) is 4.74 Å². The van der Waals surface area contributed by atoms with Gasteiger partial charge in [-0.3, -0.25) is 4.90 Å². The summed E-state index contributed by atoms with van der Waals surface area (Å²) in [6.45, 7) is 8.75. The van der Waals surface area contributed by atoms with Gasteiger partial charge in [0.1, 0.15) is 0 Å². The molecular weight excluding hydrogens is 347 g/mol. The Kier molecular flexibility index (Phi) is 6.11. The second kappa shape index (κ2) is 8.30. The Hall–Kier alpha value is -1.14. The van der Waals surface area contributed by atoms with Gasteiger partial charge in [-0.2, -0.15) is 0 Å². The quantitative estimate of drug-likeness (QED) is 0.782. The number of nitrogens with zero attached hydrogens (tertiary/aromatic N) is 4. The van der Waals surface area contributed by atoms with E-state index in [4.69, 9.17) is 27.9 Å². The minimum atomic E-state index is 0.296. The van der Waals surface area contributed by atoms with Crippen molar-refractivity contribution in [1.29, 1.82) is 0 Å². The molecular formula is C17H21Cl2N4O. The van der Waals surface area contributed by atoms with Crippen molar-refractivity contribution in [2.75, 3.05) is 32.8 Å². The van der Waals surface area contributed by atoms with Crippen molar-refractivity contribution < 1.29 is 4.74 Å². The zero-order valence-electron chi connectivity index (χ0n) is 13.5. The number of halogens is 2. The maximum absolute atomic E-state index is 6.08. The summed E-state index contributed by atoms with van der Waals surface area (Å²) in [5.74, 6) is 0.296. The van der Waals surface area contributed by atoms with Gasteiger partial charge < -0.3 is 4.74 Å². The molecule has 0 aliphatic carbocycles. The number of rotatable bonds is 6. The van der Waals surface area contributed by atoms with Gasteiger partial charge in [0, 0.05) is 19.0 Å². The van der Waals surface area contributed by atoms with E-state index in [2.05, 4.69) is 22.1 Å². The molecule has 2 heterocycles. The summed E-state index contributed by atoms with van der Waals surface area (Å²) in [6, 6.07) is 5.42. The second-order valence-corrected chi connectivity index (χ2v) is 6.73. The zero-order valence-corrected chi connectivity index (χ0v) is 15.0. The molecule has 1 unspecified atom stereocenters. The van der Waals surface area contributed by atoms with Crippen molar-refractivity contribution in [2.24, 2.45) is 0 Å². The van der Waals surface area contributed by atoms with Crippen molar-refractivity contribution in [2.45, 2.75) is 18.8 Å². The molecule has 1 fully saturated rings. The number of morpholine rings is 1. The Morgan fingerprint density at radius 1 is 1.21 bits per heavy atom. The Morgan fingerprint density at radius 3 is 2.71 bits per heavy atom. The molecule has 0 amide bonds. The van der Waals surface area contributed by atoms with Crippen LogP contribution in [0.25, 0.3) is 5.69 Å². The predicted octanol–water partition coefficient (Wildman–Crippen LogP) is 3.60. The molecule has 0 N–H and O–H groups in total. The lowest BCUT2D eigenvalue weighted by molar-refractivity contribution is 0.0365. The fraction of sp³-hybridized carbons (Fsp3) is 0.471. The maximum Gasteiger partial charge on any atom is 0.0863 e. The number of hydrogen-bond acceptors (Lipinski definition) is 4. The van der Waals surface area contributed by atoms with E-state index in [-0.39, 0.29) is 0 Å². The molecule has 0 bridgehead atoms. The molecule has 1 aliphatic heterocycles. The Labute approximate surface area is 152 Å². The van der Waals surface area contributed by atoms with Crippen LogP contribution in [0.1, 0.15) is 24.5 Å². The van der Waals surface area contributed by atoms with Crippen LogP contribution in [0.4, 0.5) is 0 Å². The van der Waals surface area contributed by atoms with Crippen LogP contribution in [0.3, 0.4) is 0 Å². The Morgan fingerprint density at radius 2 is 2.00 bits per heavy atom. The van der Waals surface area contributed by atoms with Crippen LogP contribution in [0.2, 0.25) is 10.0 Å². The Bertz CT molecular complexity index is 670. The summed E-state index contributed by atoms with van der Waals surface area (Å²) >= 11 is 12.0. The molecule has 1 aromatic carbocycles. The van der Waals surface area contributed by atoms with E-state index in [1.807, 2.05) is 12.3 Å². The second-order valence-electron chi connectivity index (χ2n) is 5.91. The SMILES string of the molecule is [CH2]CC(CCN1CCOCC1)c1cn(-c2ccc(Cl)c(Cl)c2)nn1. The van der Waals surface area contributed by atoms with Crippen LogP contribution >= 0.6 is 23.2 Å². The minimum absolute atomic E-state index is 0.296. The molecule has 3 rings (SSSR count). The lowest BCUT2D eigenvalue weighted by Gasteiger charge is -2.27. The van der Waals surface area contributed by atoms with Crippen molar-refractivity contribution in [3.05, 3.63) is 47.1 Å². The molecule has 2 aromatic rings. The molecule has 1 atom stereocenters. The molecule has 1 radical (unpaired) electrons. The van der Waals surface area contributed by atoms with Crippen LogP contribution in [0, 0.1) is 6.92 Å². The average molecular weight is 368 g/mol. The van der Waals surface area contributed by atoms with Gasteiger partial charge in [-0.1, -0.05) is 35.3 Å². The van der Waals surface area contributed by atoms with E-state index >= 15 is 0 Å². The first-order chi connectivity index (χ1) is 11.7. The summed E-state index contributed by atoms with van der Waals surface area (Å²) in [4.78, 5) is 2.43. The summed E-state index contributed by atoms with van der Waals surface area (Å²) in [7, 11) is 0. The minimum Gasteiger partial charge on any atom is -0.379 e. The maximum atomic E-state index is 6.08. The smallest absolute Gasteiger partial charge is 0.0863 e. The largest absolute Gasteiger partial charge is 0.379 e. The lowest BCUT2D eigenvalue weighted by atomic mass is 9.99. The molecule has 1 saturated heterocycles. The molecule has 0 spiro atoms. The summed E-state index contributed by atoms with van der Waals surface area (Å²) in [5.41, 5.74) is 1.81. The first-order valence-electron chi connectivity index (χ1n) is 8.14. The third-order valence-electron chi connectivity index (χ3n) is 4.34. The normalized spacial score (nSPS) is 17.1. The van der Waals surface area contributed by atoms with E-state index in [9.17, 15) is 0 Å². The predicted molar refractivity (Wildman–Crippen MR) is 96.0 cm³/mol. The zero-order chi connectivity index (χ0) is 16.9. The molecule has 24 heavy (non-hydrogen) atoms. The van der Waals surface area contributed by atoms with Crippen LogP contribution in [0.5, 0.6) is 0 Å². The highest BCUT2D eigenvalue weighted by atomic mass is 35.5. The highest BCUT2D eigenvalue weighted by Crippen LogP contribution is 2.26. The molecule has 129 valence electrons. The first-order valence-corrected chi connectivity index (χ1v) is 8.90. The number of aromatic nitrogens is 3. The fourth-order valence-electron chi connectivity index (χ4n) is 2.82. The molecule has 1 aromatic heterocycles. The van der Waals surface area contributed by atoms with E-state index < -0.39 is 0 Å². The standard InChI is InChI=1S/C17H21Cl2N4O/c1-2-13(5-6-22-7-9-24-10-8-22)17-12-23(21-20-17)14-3-4-15(18)16(19)11-14/h3-4,11-13H,1-2,5-10H2. The highest BCUT2D eigenvalue weighted by molar-refractivity contribution is 6.42. The molecule has 5 nitrogen and oxygen atoms in total. The fourth-order valence-corrected chi connectivity index (χ4v) is 3.11. The van der Waals surface area contributed by atoms with Gasteiger partial charge in [0.05, 0.1) is 40.8 Å². The lowest BCUT2D eigenvalue weighted by Crippen LogP contribution is -2.37. The Balaban J connectivity index is 1.66. The third-order valence-corrected chi connectivity index (χ3v) is 5.08. The van der Waals surface area contributed by atoms with E-state index in [1.54, 1.807) is 16.8 Å². The van der Waals surface area contributed by atoms with E-state index in [1.165, 1.54) is 0 Å². The first kappa shape index (κ1) is 17.7. The van der Waals surface area contributed by atoms with Crippen LogP contribution in [0.15, 0.2) is 24.4 Å². The molecule has 1 aliphatic rings. The van der Waals surface area contributed by atoms with Crippen molar-refractivity contribution >= 4 is 23.2 Å². The van der Waals surface area contributed by atoms with Gasteiger partial charge in [0.25, 0.3) is 0 Å². The van der Waals surface area contributed by atoms with Crippen molar-refractivity contribution in [3.8, 4) is 5.69 Å². The molecule has 7 heteroatoms. The van der Waals surface area contributed by atoms with Crippen molar-refractivity contribution in [1.82, 2.24) is 19.9 Å². The molecule has 0 saturated carbocycles. The summed E-state index contributed by atoms with van der Waals surface area (Å²) in [5, 5.41) is 9.59. The highest BCUT2D eigenvalue weighted by Gasteiger charge is 2.17. The van der Waals surface area contributed by atoms with Crippen LogP contribution < -0.4 is 0 Å². The van der Waals surface area contributed by atoms with Gasteiger partial charge in [-0.05, 0) is 37.6 Å². The van der Waals surface area contributed by atoms with Gasteiger partial charge in [0.2, 0.25) is 0 Å². The van der Waals surface area contributed by atoms with E-state index in [0.717, 1.165) is 57.1 Å². The number of ether oxygens (including phenoxy) is 1.